The number of hydrogen-bond acceptors (Lipinski definition) is 2. The summed E-state index contributed by atoms with van der Waals surface area (Å²) in [6.07, 6.45) is 4.70. The quantitative estimate of drug-likeness (QED) is 0.458. The molecule has 0 aromatic carbocycles. The van der Waals surface area contributed by atoms with Crippen LogP contribution >= 0.6 is 0 Å². The van der Waals surface area contributed by atoms with Gasteiger partial charge in [0, 0.05) is 5.92 Å². The molecule has 2 nitrogen and oxygen atoms in total. The fraction of sp³-hybridized carbons (Fsp3) is 0.889. The molecule has 0 heterocycles. The van der Waals surface area contributed by atoms with Crippen molar-refractivity contribution in [2.24, 2.45) is 17.0 Å². The molecule has 1 fully saturated rings. The largest absolute Gasteiger partial charge is 0.411 e. The van der Waals surface area contributed by atoms with Gasteiger partial charge in [0.1, 0.15) is 0 Å². The Hall–Kier alpha value is -0.530. The highest BCUT2D eigenvalue weighted by atomic mass is 16.4. The summed E-state index contributed by atoms with van der Waals surface area (Å²) in [5.41, 5.74) is 1.02. The van der Waals surface area contributed by atoms with Gasteiger partial charge >= 0.3 is 0 Å². The third-order valence-electron chi connectivity index (χ3n) is 2.56. The number of rotatable bonds is 1. The third kappa shape index (κ3) is 1.95. The summed E-state index contributed by atoms with van der Waals surface area (Å²) in [5.74, 6) is 1.16. The Morgan fingerprint density at radius 2 is 2.18 bits per heavy atom. The molecular weight excluding hydrogens is 138 g/mol. The highest BCUT2D eigenvalue weighted by molar-refractivity contribution is 5.87. The zero-order valence-electron chi connectivity index (χ0n) is 7.38. The first-order valence-corrected chi connectivity index (χ1v) is 4.46. The van der Waals surface area contributed by atoms with Gasteiger partial charge in [-0.1, -0.05) is 25.4 Å². The Balaban J connectivity index is 2.59. The maximum absolute atomic E-state index is 8.70. The predicted octanol–water partition coefficient (Wildman–Crippen LogP) is 2.66. The summed E-state index contributed by atoms with van der Waals surface area (Å²) in [6.45, 7) is 4.39. The molecule has 1 saturated carbocycles. The zero-order valence-corrected chi connectivity index (χ0v) is 7.38. The van der Waals surface area contributed by atoms with Crippen molar-refractivity contribution < 1.29 is 5.21 Å². The Kier molecular flexibility index (Phi) is 2.92. The van der Waals surface area contributed by atoms with Gasteiger partial charge in [-0.2, -0.15) is 0 Å². The molecule has 0 aromatic rings. The summed E-state index contributed by atoms with van der Waals surface area (Å²) >= 11 is 0. The van der Waals surface area contributed by atoms with Crippen molar-refractivity contribution in [3.05, 3.63) is 0 Å². The van der Waals surface area contributed by atoms with Gasteiger partial charge < -0.3 is 5.21 Å². The molecule has 0 spiro atoms. The summed E-state index contributed by atoms with van der Waals surface area (Å²) < 4.78 is 0. The first-order chi connectivity index (χ1) is 5.25. The van der Waals surface area contributed by atoms with Gasteiger partial charge in [0.2, 0.25) is 0 Å². The number of nitrogens with zero attached hydrogens (tertiary/aromatic N) is 1. The van der Waals surface area contributed by atoms with Crippen molar-refractivity contribution >= 4 is 5.71 Å². The fourth-order valence-corrected chi connectivity index (χ4v) is 1.86. The van der Waals surface area contributed by atoms with Gasteiger partial charge in [-0.25, -0.2) is 0 Å². The minimum atomic E-state index is 0.536. The summed E-state index contributed by atoms with van der Waals surface area (Å²) in [6, 6.07) is 0. The van der Waals surface area contributed by atoms with Crippen LogP contribution in [0.1, 0.15) is 39.5 Å². The third-order valence-corrected chi connectivity index (χ3v) is 2.56. The van der Waals surface area contributed by atoms with Crippen molar-refractivity contribution in [2.75, 3.05) is 0 Å². The first kappa shape index (κ1) is 8.57. The van der Waals surface area contributed by atoms with Crippen LogP contribution in [0.25, 0.3) is 0 Å². The molecule has 11 heavy (non-hydrogen) atoms. The lowest BCUT2D eigenvalue weighted by Gasteiger charge is -2.25. The van der Waals surface area contributed by atoms with E-state index in [9.17, 15) is 0 Å². The van der Waals surface area contributed by atoms with Crippen LogP contribution < -0.4 is 0 Å². The molecule has 0 amide bonds. The van der Waals surface area contributed by atoms with Gasteiger partial charge in [0.05, 0.1) is 5.71 Å². The van der Waals surface area contributed by atoms with Crippen molar-refractivity contribution in [1.29, 1.82) is 0 Å². The van der Waals surface area contributed by atoms with E-state index >= 15 is 0 Å². The molecule has 0 radical (unpaired) electrons. The molecule has 1 N–H and O–H groups in total. The zero-order chi connectivity index (χ0) is 8.27. The molecule has 0 aromatic heterocycles. The number of hydrogen-bond donors (Lipinski definition) is 1. The smallest absolute Gasteiger partial charge is 0.0604 e. The summed E-state index contributed by atoms with van der Waals surface area (Å²) in [5, 5.41) is 12.1. The maximum atomic E-state index is 8.70. The second-order valence-corrected chi connectivity index (χ2v) is 3.69. The Labute approximate surface area is 68.3 Å². The number of oxime groups is 1. The Morgan fingerprint density at radius 1 is 1.45 bits per heavy atom. The molecule has 1 atom stereocenters. The summed E-state index contributed by atoms with van der Waals surface area (Å²) in [7, 11) is 0. The van der Waals surface area contributed by atoms with Crippen molar-refractivity contribution in [3.63, 3.8) is 0 Å². The fourth-order valence-electron chi connectivity index (χ4n) is 1.86. The van der Waals surface area contributed by atoms with Crippen LogP contribution in [0.15, 0.2) is 5.16 Å². The van der Waals surface area contributed by atoms with Crippen molar-refractivity contribution in [1.82, 2.24) is 0 Å². The molecule has 0 saturated heterocycles. The lowest BCUT2D eigenvalue weighted by Crippen LogP contribution is -2.23. The lowest BCUT2D eigenvalue weighted by atomic mass is 9.80. The molecule has 1 rings (SSSR count). The van der Waals surface area contributed by atoms with E-state index < -0.39 is 0 Å². The van der Waals surface area contributed by atoms with Gasteiger partial charge in [-0.15, -0.1) is 0 Å². The Bertz CT molecular complexity index is 152. The monoisotopic (exact) mass is 155 g/mol. The van der Waals surface area contributed by atoms with E-state index in [1.165, 1.54) is 19.3 Å². The van der Waals surface area contributed by atoms with Crippen molar-refractivity contribution in [3.8, 4) is 0 Å². The van der Waals surface area contributed by atoms with E-state index in [0.717, 1.165) is 12.1 Å². The van der Waals surface area contributed by atoms with Gasteiger partial charge in [-0.3, -0.25) is 0 Å². The highest BCUT2D eigenvalue weighted by Gasteiger charge is 2.23. The van der Waals surface area contributed by atoms with Crippen molar-refractivity contribution in [2.45, 2.75) is 39.5 Å². The second kappa shape index (κ2) is 3.74. The topological polar surface area (TPSA) is 32.6 Å². The molecule has 0 bridgehead atoms. The van der Waals surface area contributed by atoms with Gasteiger partial charge in [-0.05, 0) is 25.2 Å². The highest BCUT2D eigenvalue weighted by Crippen LogP contribution is 2.27. The average Bonchev–Trinajstić information content (AvgIpc) is 2.04. The van der Waals surface area contributed by atoms with Crippen LogP contribution in [-0.2, 0) is 0 Å². The van der Waals surface area contributed by atoms with E-state index in [0.29, 0.717) is 11.8 Å². The van der Waals surface area contributed by atoms with E-state index in [-0.39, 0.29) is 0 Å². The molecule has 1 unspecified atom stereocenters. The van der Waals surface area contributed by atoms with E-state index in [1.54, 1.807) is 0 Å². The van der Waals surface area contributed by atoms with Crippen LogP contribution in [0.4, 0.5) is 0 Å². The lowest BCUT2D eigenvalue weighted by molar-refractivity contribution is 0.301. The first-order valence-electron chi connectivity index (χ1n) is 4.46. The summed E-state index contributed by atoms with van der Waals surface area (Å²) in [4.78, 5) is 0. The van der Waals surface area contributed by atoms with Crippen LogP contribution in [0, 0.1) is 11.8 Å². The van der Waals surface area contributed by atoms with E-state index in [4.69, 9.17) is 5.21 Å². The Morgan fingerprint density at radius 3 is 2.64 bits per heavy atom. The minimum Gasteiger partial charge on any atom is -0.411 e. The molecule has 2 heteroatoms. The van der Waals surface area contributed by atoms with E-state index in [2.05, 4.69) is 19.0 Å². The second-order valence-electron chi connectivity index (χ2n) is 3.69. The SMILES string of the molecule is CC(C)C1CCCCC1=NO. The van der Waals surface area contributed by atoms with Crippen LogP contribution in [0.2, 0.25) is 0 Å². The molecular formula is C9H17NO. The standard InChI is InChI=1S/C9H17NO/c1-7(2)8-5-3-4-6-9(8)10-11/h7-8,11H,3-6H2,1-2H3. The molecule has 1 aliphatic rings. The average molecular weight is 155 g/mol. The van der Waals surface area contributed by atoms with Gasteiger partial charge in [0.25, 0.3) is 0 Å². The molecule has 0 aliphatic heterocycles. The normalized spacial score (nSPS) is 29.7. The minimum absolute atomic E-state index is 0.536. The molecule has 1 aliphatic carbocycles. The van der Waals surface area contributed by atoms with Crippen LogP contribution in [0.5, 0.6) is 0 Å². The maximum Gasteiger partial charge on any atom is 0.0604 e. The van der Waals surface area contributed by atoms with Crippen LogP contribution in [0.3, 0.4) is 0 Å². The predicted molar refractivity (Wildman–Crippen MR) is 46.0 cm³/mol. The van der Waals surface area contributed by atoms with Crippen LogP contribution in [-0.4, -0.2) is 10.9 Å². The molecule has 64 valence electrons. The van der Waals surface area contributed by atoms with Gasteiger partial charge in [0.15, 0.2) is 0 Å². The van der Waals surface area contributed by atoms with E-state index in [1.807, 2.05) is 0 Å².